The van der Waals surface area contributed by atoms with Crippen molar-refractivity contribution in [1.29, 1.82) is 0 Å². The van der Waals surface area contributed by atoms with Gasteiger partial charge in [-0.2, -0.15) is 5.10 Å². The Morgan fingerprint density at radius 3 is 2.57 bits per heavy atom. The maximum absolute atomic E-state index is 5.67. The molecule has 0 aliphatic rings. The van der Waals surface area contributed by atoms with E-state index in [0.29, 0.717) is 11.6 Å². The number of nitrogens with one attached hydrogen (secondary N) is 1. The van der Waals surface area contributed by atoms with Gasteiger partial charge in [0.2, 0.25) is 0 Å². The molecule has 0 fully saturated rings. The molecule has 0 saturated carbocycles. The van der Waals surface area contributed by atoms with E-state index < -0.39 is 0 Å². The Hall–Kier alpha value is -1.68. The number of H-pyrrole nitrogens is 1. The first kappa shape index (κ1) is 8.90. The van der Waals surface area contributed by atoms with E-state index in [-0.39, 0.29) is 6.04 Å². The van der Waals surface area contributed by atoms with E-state index in [2.05, 4.69) is 15.2 Å². The molecule has 14 heavy (non-hydrogen) atoms. The van der Waals surface area contributed by atoms with Crippen molar-refractivity contribution in [1.82, 2.24) is 15.2 Å². The van der Waals surface area contributed by atoms with E-state index >= 15 is 0 Å². The molecule has 3 N–H and O–H groups in total. The van der Waals surface area contributed by atoms with Crippen molar-refractivity contribution in [2.75, 3.05) is 0 Å². The SMILES string of the molecule is C[C@H](N)c1nc(-c2ccccc2)n[nH]1. The third kappa shape index (κ3) is 1.65. The highest BCUT2D eigenvalue weighted by molar-refractivity contribution is 5.53. The van der Waals surface area contributed by atoms with Crippen LogP contribution in [0.2, 0.25) is 0 Å². The normalized spacial score (nSPS) is 12.7. The quantitative estimate of drug-likeness (QED) is 0.750. The highest BCUT2D eigenvalue weighted by Crippen LogP contribution is 2.14. The first-order chi connectivity index (χ1) is 6.77. The lowest BCUT2D eigenvalue weighted by Gasteiger charge is -1.96. The maximum atomic E-state index is 5.67. The van der Waals surface area contributed by atoms with Crippen molar-refractivity contribution in [2.45, 2.75) is 13.0 Å². The fourth-order valence-corrected chi connectivity index (χ4v) is 1.19. The Kier molecular flexibility index (Phi) is 2.28. The smallest absolute Gasteiger partial charge is 0.181 e. The summed E-state index contributed by atoms with van der Waals surface area (Å²) in [5.41, 5.74) is 6.67. The van der Waals surface area contributed by atoms with Crippen molar-refractivity contribution in [3.05, 3.63) is 36.2 Å². The molecule has 1 heterocycles. The van der Waals surface area contributed by atoms with Gasteiger partial charge in [0.05, 0.1) is 6.04 Å². The monoisotopic (exact) mass is 188 g/mol. The number of hydrogen-bond acceptors (Lipinski definition) is 3. The lowest BCUT2D eigenvalue weighted by atomic mass is 10.2. The Labute approximate surface area is 82.2 Å². The third-order valence-electron chi connectivity index (χ3n) is 1.97. The topological polar surface area (TPSA) is 67.6 Å². The van der Waals surface area contributed by atoms with Gasteiger partial charge in [-0.25, -0.2) is 4.98 Å². The summed E-state index contributed by atoms with van der Waals surface area (Å²) in [5.74, 6) is 1.40. The van der Waals surface area contributed by atoms with Crippen LogP contribution in [-0.2, 0) is 0 Å². The Bertz CT molecular complexity index is 405. The van der Waals surface area contributed by atoms with Gasteiger partial charge >= 0.3 is 0 Å². The molecule has 0 aliphatic heterocycles. The molecular weight excluding hydrogens is 176 g/mol. The van der Waals surface area contributed by atoms with Crippen LogP contribution < -0.4 is 5.73 Å². The van der Waals surface area contributed by atoms with Crippen LogP contribution in [0.4, 0.5) is 0 Å². The molecule has 1 aromatic heterocycles. The summed E-state index contributed by atoms with van der Waals surface area (Å²) in [6.07, 6.45) is 0. The number of benzene rings is 1. The van der Waals surface area contributed by atoms with Crippen LogP contribution in [0, 0.1) is 0 Å². The molecule has 2 rings (SSSR count). The average molecular weight is 188 g/mol. The summed E-state index contributed by atoms with van der Waals surface area (Å²) >= 11 is 0. The number of aromatic nitrogens is 3. The van der Waals surface area contributed by atoms with Crippen LogP contribution in [0.25, 0.3) is 11.4 Å². The summed E-state index contributed by atoms with van der Waals surface area (Å²) in [5, 5.41) is 6.91. The van der Waals surface area contributed by atoms with Gasteiger partial charge in [0.25, 0.3) is 0 Å². The molecule has 4 nitrogen and oxygen atoms in total. The van der Waals surface area contributed by atoms with Crippen molar-refractivity contribution in [3.63, 3.8) is 0 Å². The zero-order valence-electron chi connectivity index (χ0n) is 7.94. The molecule has 0 unspecified atom stereocenters. The average Bonchev–Trinajstić information content (AvgIpc) is 2.68. The molecule has 0 radical (unpaired) electrons. The first-order valence-corrected chi connectivity index (χ1v) is 4.50. The highest BCUT2D eigenvalue weighted by atomic mass is 15.2. The molecule has 1 aromatic carbocycles. The first-order valence-electron chi connectivity index (χ1n) is 4.50. The molecule has 0 saturated heterocycles. The molecule has 4 heteroatoms. The Morgan fingerprint density at radius 1 is 1.29 bits per heavy atom. The molecule has 0 bridgehead atoms. The van der Waals surface area contributed by atoms with Gasteiger partial charge in [-0.1, -0.05) is 30.3 Å². The summed E-state index contributed by atoms with van der Waals surface area (Å²) < 4.78 is 0. The Morgan fingerprint density at radius 2 is 2.00 bits per heavy atom. The maximum Gasteiger partial charge on any atom is 0.181 e. The lowest BCUT2D eigenvalue weighted by molar-refractivity contribution is 0.745. The van der Waals surface area contributed by atoms with Gasteiger partial charge in [-0.3, -0.25) is 5.10 Å². The van der Waals surface area contributed by atoms with E-state index in [1.165, 1.54) is 0 Å². The Balaban J connectivity index is 2.34. The van der Waals surface area contributed by atoms with E-state index in [1.807, 2.05) is 37.3 Å². The predicted octanol–water partition coefficient (Wildman–Crippen LogP) is 1.49. The second-order valence-corrected chi connectivity index (χ2v) is 3.20. The van der Waals surface area contributed by atoms with Crippen molar-refractivity contribution in [2.24, 2.45) is 5.73 Å². The van der Waals surface area contributed by atoms with Crippen molar-refractivity contribution >= 4 is 0 Å². The van der Waals surface area contributed by atoms with Crippen LogP contribution in [-0.4, -0.2) is 15.2 Å². The third-order valence-corrected chi connectivity index (χ3v) is 1.97. The number of aromatic amines is 1. The standard InChI is InChI=1S/C10H12N4/c1-7(11)9-12-10(14-13-9)8-5-3-2-4-6-8/h2-7H,11H2,1H3,(H,12,13,14)/t7-/m0/s1. The molecule has 0 aliphatic carbocycles. The number of rotatable bonds is 2. The van der Waals surface area contributed by atoms with Crippen LogP contribution in [0.15, 0.2) is 30.3 Å². The zero-order chi connectivity index (χ0) is 9.97. The fourth-order valence-electron chi connectivity index (χ4n) is 1.19. The minimum Gasteiger partial charge on any atom is -0.322 e. The van der Waals surface area contributed by atoms with Crippen molar-refractivity contribution < 1.29 is 0 Å². The second-order valence-electron chi connectivity index (χ2n) is 3.20. The number of hydrogen-bond donors (Lipinski definition) is 2. The van der Waals surface area contributed by atoms with Gasteiger partial charge in [0.15, 0.2) is 5.82 Å². The fraction of sp³-hybridized carbons (Fsp3) is 0.200. The lowest BCUT2D eigenvalue weighted by Crippen LogP contribution is -2.06. The van der Waals surface area contributed by atoms with Gasteiger partial charge in [-0.05, 0) is 6.92 Å². The van der Waals surface area contributed by atoms with Gasteiger partial charge < -0.3 is 5.73 Å². The van der Waals surface area contributed by atoms with Gasteiger partial charge in [0.1, 0.15) is 5.82 Å². The van der Waals surface area contributed by atoms with Crippen LogP contribution in [0.1, 0.15) is 18.8 Å². The van der Waals surface area contributed by atoms with Gasteiger partial charge in [0, 0.05) is 5.56 Å². The summed E-state index contributed by atoms with van der Waals surface area (Å²) in [6.45, 7) is 1.87. The summed E-state index contributed by atoms with van der Waals surface area (Å²) in [7, 11) is 0. The highest BCUT2D eigenvalue weighted by Gasteiger charge is 2.07. The summed E-state index contributed by atoms with van der Waals surface area (Å²) in [4.78, 5) is 4.29. The molecule has 0 spiro atoms. The number of nitrogens with two attached hydrogens (primary N) is 1. The predicted molar refractivity (Wildman–Crippen MR) is 54.4 cm³/mol. The molecule has 72 valence electrons. The van der Waals surface area contributed by atoms with Gasteiger partial charge in [-0.15, -0.1) is 0 Å². The van der Waals surface area contributed by atoms with E-state index in [1.54, 1.807) is 0 Å². The van der Waals surface area contributed by atoms with E-state index in [9.17, 15) is 0 Å². The molecule has 0 amide bonds. The largest absolute Gasteiger partial charge is 0.322 e. The number of nitrogens with zero attached hydrogens (tertiary/aromatic N) is 2. The van der Waals surface area contributed by atoms with E-state index in [0.717, 1.165) is 5.56 Å². The molecule has 2 aromatic rings. The van der Waals surface area contributed by atoms with Crippen LogP contribution in [0.5, 0.6) is 0 Å². The zero-order valence-corrected chi connectivity index (χ0v) is 7.94. The van der Waals surface area contributed by atoms with E-state index in [4.69, 9.17) is 5.73 Å². The summed E-state index contributed by atoms with van der Waals surface area (Å²) in [6, 6.07) is 9.69. The minimum atomic E-state index is -0.111. The van der Waals surface area contributed by atoms with Crippen molar-refractivity contribution in [3.8, 4) is 11.4 Å². The molecule has 1 atom stereocenters. The molecular formula is C10H12N4. The second kappa shape index (κ2) is 3.59. The minimum absolute atomic E-state index is 0.111. The van der Waals surface area contributed by atoms with Crippen LogP contribution >= 0.6 is 0 Å². The van der Waals surface area contributed by atoms with Crippen LogP contribution in [0.3, 0.4) is 0 Å².